The van der Waals surface area contributed by atoms with Crippen LogP contribution in [-0.4, -0.2) is 28.3 Å². The van der Waals surface area contributed by atoms with Crippen molar-refractivity contribution in [2.45, 2.75) is 25.7 Å². The summed E-state index contributed by atoms with van der Waals surface area (Å²) in [5.74, 6) is -1.15. The first-order chi connectivity index (χ1) is 9.22. The number of ether oxygens (including phenoxy) is 1. The van der Waals surface area contributed by atoms with Crippen molar-refractivity contribution in [3.8, 4) is 0 Å². The first kappa shape index (κ1) is 13.5. The van der Waals surface area contributed by atoms with Gasteiger partial charge in [0.2, 0.25) is 0 Å². The lowest BCUT2D eigenvalue weighted by molar-refractivity contribution is -0.153. The molecule has 0 amide bonds. The lowest BCUT2D eigenvalue weighted by Crippen LogP contribution is -2.36. The summed E-state index contributed by atoms with van der Waals surface area (Å²) in [7, 11) is 0. The third-order valence-corrected chi connectivity index (χ3v) is 3.44. The Labute approximate surface area is 112 Å². The second-order valence-corrected chi connectivity index (χ2v) is 4.78. The van der Waals surface area contributed by atoms with Gasteiger partial charge in [-0.3, -0.25) is 9.59 Å². The molecule has 0 saturated heterocycles. The van der Waals surface area contributed by atoms with Crippen LogP contribution in [0.1, 0.15) is 25.0 Å². The van der Waals surface area contributed by atoms with Crippen LogP contribution < -0.4 is 0 Å². The van der Waals surface area contributed by atoms with Crippen LogP contribution in [0.3, 0.4) is 0 Å². The van der Waals surface area contributed by atoms with E-state index in [1.165, 1.54) is 6.08 Å². The molecule has 1 aromatic rings. The molecule has 2 atom stereocenters. The predicted molar refractivity (Wildman–Crippen MR) is 69.3 cm³/mol. The summed E-state index contributed by atoms with van der Waals surface area (Å²) < 4.78 is 4.99. The van der Waals surface area contributed by atoms with Gasteiger partial charge in [0.25, 0.3) is 0 Å². The molecule has 0 spiro atoms. The summed E-state index contributed by atoms with van der Waals surface area (Å²) in [5.41, 5.74) is 0.929. The van der Waals surface area contributed by atoms with E-state index in [9.17, 15) is 9.59 Å². The van der Waals surface area contributed by atoms with Crippen LogP contribution in [0.4, 0.5) is 0 Å². The van der Waals surface area contributed by atoms with Gasteiger partial charge in [-0.1, -0.05) is 19.1 Å². The van der Waals surface area contributed by atoms with E-state index in [4.69, 9.17) is 4.74 Å². The summed E-state index contributed by atoms with van der Waals surface area (Å²) >= 11 is 0. The van der Waals surface area contributed by atoms with Gasteiger partial charge < -0.3 is 9.72 Å². The number of aromatic amines is 1. The van der Waals surface area contributed by atoms with Crippen molar-refractivity contribution in [3.63, 3.8) is 0 Å². The Morgan fingerprint density at radius 3 is 3.11 bits per heavy atom. The summed E-state index contributed by atoms with van der Waals surface area (Å²) in [5, 5.41) is 0. The van der Waals surface area contributed by atoms with Crippen LogP contribution in [0.5, 0.6) is 0 Å². The number of nitrogens with zero attached hydrogens (tertiary/aromatic N) is 1. The van der Waals surface area contributed by atoms with Crippen LogP contribution in [0.15, 0.2) is 25.2 Å². The van der Waals surface area contributed by atoms with Crippen LogP contribution in [0.25, 0.3) is 0 Å². The zero-order valence-corrected chi connectivity index (χ0v) is 10.8. The van der Waals surface area contributed by atoms with E-state index < -0.39 is 11.9 Å². The Morgan fingerprint density at radius 1 is 1.58 bits per heavy atom. The fourth-order valence-electron chi connectivity index (χ4n) is 2.48. The smallest absolute Gasteiger partial charge is 0.316 e. The zero-order chi connectivity index (χ0) is 13.7. The minimum absolute atomic E-state index is 0.00471. The van der Waals surface area contributed by atoms with Crippen molar-refractivity contribution in [2.24, 2.45) is 11.8 Å². The molecule has 5 nitrogen and oxygen atoms in total. The number of hydrogen-bond acceptors (Lipinski definition) is 4. The standard InChI is InChI=1S/C14H18N2O3/c1-2-6-19-14(18)12-5-3-4-10(13(12)17)7-11-8-15-9-16-11/h2,8-10,12H,1,3-7H2,(H,15,16). The first-order valence-electron chi connectivity index (χ1n) is 6.51. The van der Waals surface area contributed by atoms with Gasteiger partial charge >= 0.3 is 5.97 Å². The number of hydrogen-bond donors (Lipinski definition) is 1. The van der Waals surface area contributed by atoms with E-state index in [1.807, 2.05) is 0 Å². The van der Waals surface area contributed by atoms with Gasteiger partial charge in [0.15, 0.2) is 5.78 Å². The highest BCUT2D eigenvalue weighted by Gasteiger charge is 2.36. The molecule has 1 aromatic heterocycles. The topological polar surface area (TPSA) is 72.0 Å². The number of carbonyl (C=O) groups is 2. The van der Waals surface area contributed by atoms with Gasteiger partial charge in [-0.25, -0.2) is 4.98 Å². The predicted octanol–water partition coefficient (Wildman–Crippen LogP) is 1.67. The molecule has 1 saturated carbocycles. The molecule has 1 heterocycles. The van der Waals surface area contributed by atoms with E-state index in [-0.39, 0.29) is 18.3 Å². The van der Waals surface area contributed by atoms with E-state index >= 15 is 0 Å². The minimum atomic E-state index is -0.610. The number of Topliss-reactive ketones (excluding diaryl/α,β-unsaturated/α-hetero) is 1. The Balaban J connectivity index is 1.97. The van der Waals surface area contributed by atoms with Crippen molar-refractivity contribution >= 4 is 11.8 Å². The highest BCUT2D eigenvalue weighted by molar-refractivity contribution is 6.00. The zero-order valence-electron chi connectivity index (χ0n) is 10.8. The maximum Gasteiger partial charge on any atom is 0.316 e. The summed E-state index contributed by atoms with van der Waals surface area (Å²) in [4.78, 5) is 31.0. The van der Waals surface area contributed by atoms with Crippen molar-refractivity contribution in [1.29, 1.82) is 0 Å². The van der Waals surface area contributed by atoms with Crippen LogP contribution in [0.2, 0.25) is 0 Å². The Hall–Kier alpha value is -1.91. The molecule has 19 heavy (non-hydrogen) atoms. The quantitative estimate of drug-likeness (QED) is 0.497. The van der Waals surface area contributed by atoms with E-state index in [1.54, 1.807) is 12.5 Å². The number of carbonyl (C=O) groups excluding carboxylic acids is 2. The minimum Gasteiger partial charge on any atom is -0.461 e. The van der Waals surface area contributed by atoms with Gasteiger partial charge in [-0.05, 0) is 19.3 Å². The second-order valence-electron chi connectivity index (χ2n) is 4.78. The Morgan fingerprint density at radius 2 is 2.42 bits per heavy atom. The Kier molecular flexibility index (Phi) is 4.49. The molecular formula is C14H18N2O3. The molecule has 0 aliphatic heterocycles. The number of aromatic nitrogens is 2. The molecule has 1 fully saturated rings. The fourth-order valence-corrected chi connectivity index (χ4v) is 2.48. The molecule has 2 rings (SSSR count). The van der Waals surface area contributed by atoms with Gasteiger partial charge in [-0.2, -0.15) is 0 Å². The van der Waals surface area contributed by atoms with Gasteiger partial charge in [0, 0.05) is 17.8 Å². The summed E-state index contributed by atoms with van der Waals surface area (Å²) in [6.07, 6.45) is 7.72. The number of esters is 1. The van der Waals surface area contributed by atoms with Crippen molar-refractivity contribution < 1.29 is 14.3 Å². The monoisotopic (exact) mass is 262 g/mol. The number of ketones is 1. The molecule has 102 valence electrons. The van der Waals surface area contributed by atoms with Crippen LogP contribution in [0, 0.1) is 11.8 Å². The number of H-pyrrole nitrogens is 1. The average Bonchev–Trinajstić information content (AvgIpc) is 2.91. The maximum absolute atomic E-state index is 12.3. The number of imidazole rings is 1. The number of nitrogens with one attached hydrogen (secondary N) is 1. The molecular weight excluding hydrogens is 244 g/mol. The molecule has 0 aromatic carbocycles. The van der Waals surface area contributed by atoms with Gasteiger partial charge in [0.05, 0.1) is 6.33 Å². The van der Waals surface area contributed by atoms with Crippen molar-refractivity contribution in [2.75, 3.05) is 6.61 Å². The number of rotatable bonds is 5. The van der Waals surface area contributed by atoms with E-state index in [0.29, 0.717) is 12.8 Å². The molecule has 0 bridgehead atoms. The van der Waals surface area contributed by atoms with Gasteiger partial charge in [-0.15, -0.1) is 0 Å². The SMILES string of the molecule is C=CCOC(=O)C1CCCC(Cc2cnc[nH]2)C1=O. The highest BCUT2D eigenvalue weighted by Crippen LogP contribution is 2.28. The molecule has 2 unspecified atom stereocenters. The van der Waals surface area contributed by atoms with Crippen LogP contribution in [-0.2, 0) is 20.7 Å². The van der Waals surface area contributed by atoms with E-state index in [0.717, 1.165) is 18.5 Å². The van der Waals surface area contributed by atoms with Crippen molar-refractivity contribution in [3.05, 3.63) is 30.9 Å². The normalized spacial score (nSPS) is 23.1. The lowest BCUT2D eigenvalue weighted by atomic mass is 9.78. The van der Waals surface area contributed by atoms with Crippen LogP contribution >= 0.6 is 0 Å². The maximum atomic E-state index is 12.3. The van der Waals surface area contributed by atoms with Gasteiger partial charge in [0.1, 0.15) is 12.5 Å². The lowest BCUT2D eigenvalue weighted by Gasteiger charge is -2.26. The Bertz CT molecular complexity index is 453. The third-order valence-electron chi connectivity index (χ3n) is 3.44. The molecule has 1 N–H and O–H groups in total. The average molecular weight is 262 g/mol. The highest BCUT2D eigenvalue weighted by atomic mass is 16.5. The third kappa shape index (κ3) is 3.30. The molecule has 1 aliphatic carbocycles. The summed E-state index contributed by atoms with van der Waals surface area (Å²) in [6, 6.07) is 0. The molecule has 1 aliphatic rings. The largest absolute Gasteiger partial charge is 0.461 e. The first-order valence-corrected chi connectivity index (χ1v) is 6.51. The van der Waals surface area contributed by atoms with Crippen molar-refractivity contribution in [1.82, 2.24) is 9.97 Å². The second kappa shape index (κ2) is 6.31. The summed E-state index contributed by atoms with van der Waals surface area (Å²) in [6.45, 7) is 3.65. The fraction of sp³-hybridized carbons (Fsp3) is 0.500. The molecule has 0 radical (unpaired) electrons. The van der Waals surface area contributed by atoms with E-state index in [2.05, 4.69) is 16.5 Å². The molecule has 5 heteroatoms.